The number of hydrogen-bond acceptors (Lipinski definition) is 2. The van der Waals surface area contributed by atoms with Crippen LogP contribution in [0.15, 0.2) is 0 Å². The largest absolute Gasteiger partial charge is 0.399 e. The Morgan fingerprint density at radius 1 is 1.00 bits per heavy atom. The van der Waals surface area contributed by atoms with Crippen molar-refractivity contribution < 1.29 is 8.85 Å². The van der Waals surface area contributed by atoms with Gasteiger partial charge in [-0.1, -0.05) is 34.6 Å². The van der Waals surface area contributed by atoms with Crippen LogP contribution in [0.3, 0.4) is 0 Å². The van der Waals surface area contributed by atoms with Crippen molar-refractivity contribution in [2.24, 2.45) is 11.8 Å². The zero-order valence-corrected chi connectivity index (χ0v) is 12.5. The van der Waals surface area contributed by atoms with E-state index < -0.39 is 10.0 Å². The normalized spacial score (nSPS) is 12.8. The Bertz CT molecular complexity index is 128. The summed E-state index contributed by atoms with van der Waals surface area (Å²) in [5.41, 5.74) is 0. The first-order valence-corrected chi connectivity index (χ1v) is 7.41. The van der Waals surface area contributed by atoms with E-state index in [1.807, 2.05) is 0 Å². The minimum atomic E-state index is -0.733. The zero-order chi connectivity index (χ0) is 11.7. The molecule has 0 atom stereocenters. The predicted octanol–water partition coefficient (Wildman–Crippen LogP) is 2.89. The molecule has 0 fully saturated rings. The van der Waals surface area contributed by atoms with Crippen molar-refractivity contribution in [2.75, 3.05) is 6.61 Å². The summed E-state index contributed by atoms with van der Waals surface area (Å²) in [5.74, 6) is 1.43. The van der Waals surface area contributed by atoms with Gasteiger partial charge in [-0.3, -0.25) is 0 Å². The molecule has 92 valence electrons. The van der Waals surface area contributed by atoms with Crippen molar-refractivity contribution in [1.82, 2.24) is 0 Å². The van der Waals surface area contributed by atoms with E-state index in [1.165, 1.54) is 12.8 Å². The molecule has 2 nitrogen and oxygen atoms in total. The molecule has 3 heteroatoms. The van der Waals surface area contributed by atoms with Crippen molar-refractivity contribution in [2.45, 2.75) is 60.0 Å². The molecule has 0 aliphatic carbocycles. The van der Waals surface area contributed by atoms with E-state index in [9.17, 15) is 0 Å². The zero-order valence-electron chi connectivity index (χ0n) is 11.1. The highest BCUT2D eigenvalue weighted by molar-refractivity contribution is 6.18. The molecular formula is C12H28O2Si. The molecule has 0 spiro atoms. The van der Waals surface area contributed by atoms with Crippen LogP contribution in [0.1, 0.15) is 53.9 Å². The highest BCUT2D eigenvalue weighted by Gasteiger charge is 2.13. The molecule has 0 aliphatic rings. The SMILES string of the molecule is CCCO[SiH2]OC(CC(C)C)CC(C)C. The molecule has 0 saturated carbocycles. The lowest BCUT2D eigenvalue weighted by molar-refractivity contribution is 0.118. The van der Waals surface area contributed by atoms with Gasteiger partial charge in [0, 0.05) is 12.7 Å². The van der Waals surface area contributed by atoms with Crippen LogP contribution in [0.5, 0.6) is 0 Å². The standard InChI is InChI=1S/C12H28O2Si/c1-6-7-13-15-14-12(8-10(2)3)9-11(4)5/h10-12H,6-9,15H2,1-5H3. The summed E-state index contributed by atoms with van der Waals surface area (Å²) in [4.78, 5) is 0. The Balaban J connectivity index is 3.69. The summed E-state index contributed by atoms with van der Waals surface area (Å²) in [6, 6.07) is 0. The van der Waals surface area contributed by atoms with Gasteiger partial charge in [0.15, 0.2) is 0 Å². The summed E-state index contributed by atoms with van der Waals surface area (Å²) in [7, 11) is -0.733. The van der Waals surface area contributed by atoms with E-state index in [0.29, 0.717) is 17.9 Å². The van der Waals surface area contributed by atoms with E-state index in [-0.39, 0.29) is 0 Å². The summed E-state index contributed by atoms with van der Waals surface area (Å²) >= 11 is 0. The topological polar surface area (TPSA) is 18.5 Å². The summed E-state index contributed by atoms with van der Waals surface area (Å²) in [5, 5.41) is 0. The van der Waals surface area contributed by atoms with Crippen molar-refractivity contribution in [3.8, 4) is 0 Å². The van der Waals surface area contributed by atoms with E-state index in [1.54, 1.807) is 0 Å². The van der Waals surface area contributed by atoms with Gasteiger partial charge in [0.1, 0.15) is 0 Å². The molecule has 0 unspecified atom stereocenters. The number of hydrogen-bond donors (Lipinski definition) is 0. The molecule has 0 N–H and O–H groups in total. The fourth-order valence-corrected chi connectivity index (χ4v) is 2.60. The minimum Gasteiger partial charge on any atom is -0.399 e. The second kappa shape index (κ2) is 9.37. The Kier molecular flexibility index (Phi) is 9.45. The first kappa shape index (κ1) is 15.1. The molecule has 0 amide bonds. The quantitative estimate of drug-likeness (QED) is 0.449. The van der Waals surface area contributed by atoms with Crippen molar-refractivity contribution in [3.05, 3.63) is 0 Å². The lowest BCUT2D eigenvalue weighted by Gasteiger charge is -2.21. The number of rotatable bonds is 9. The maximum Gasteiger partial charge on any atom is 0.304 e. The fourth-order valence-electron chi connectivity index (χ4n) is 1.63. The van der Waals surface area contributed by atoms with Crippen LogP contribution in [-0.4, -0.2) is 22.7 Å². The van der Waals surface area contributed by atoms with Gasteiger partial charge in [-0.25, -0.2) is 0 Å². The Hall–Kier alpha value is 0.137. The molecule has 15 heavy (non-hydrogen) atoms. The van der Waals surface area contributed by atoms with E-state index >= 15 is 0 Å². The van der Waals surface area contributed by atoms with Crippen LogP contribution in [0.25, 0.3) is 0 Å². The van der Waals surface area contributed by atoms with Crippen molar-refractivity contribution >= 4 is 10.0 Å². The van der Waals surface area contributed by atoms with Crippen LogP contribution in [0, 0.1) is 11.8 Å². The van der Waals surface area contributed by atoms with Crippen LogP contribution in [-0.2, 0) is 8.85 Å². The minimum absolute atomic E-state index is 0.425. The second-order valence-electron chi connectivity index (χ2n) is 5.07. The maximum absolute atomic E-state index is 5.88. The molecule has 0 heterocycles. The third-order valence-electron chi connectivity index (χ3n) is 2.20. The second-order valence-corrected chi connectivity index (χ2v) is 6.05. The highest BCUT2D eigenvalue weighted by Crippen LogP contribution is 2.16. The molecule has 0 aromatic heterocycles. The molecule has 0 aromatic rings. The first-order chi connectivity index (χ1) is 7.06. The molecule has 0 bridgehead atoms. The van der Waals surface area contributed by atoms with Crippen LogP contribution < -0.4 is 0 Å². The van der Waals surface area contributed by atoms with E-state index in [2.05, 4.69) is 34.6 Å². The lowest BCUT2D eigenvalue weighted by atomic mass is 9.98. The summed E-state index contributed by atoms with van der Waals surface area (Å²) < 4.78 is 11.4. The van der Waals surface area contributed by atoms with Crippen molar-refractivity contribution in [1.29, 1.82) is 0 Å². The average molecular weight is 232 g/mol. The van der Waals surface area contributed by atoms with Crippen LogP contribution in [0.2, 0.25) is 0 Å². The van der Waals surface area contributed by atoms with Crippen molar-refractivity contribution in [3.63, 3.8) is 0 Å². The molecule has 0 rings (SSSR count). The molecule has 0 aliphatic heterocycles. The fraction of sp³-hybridized carbons (Fsp3) is 1.00. The van der Waals surface area contributed by atoms with Gasteiger partial charge < -0.3 is 8.85 Å². The molecule has 0 saturated heterocycles. The Morgan fingerprint density at radius 3 is 1.93 bits per heavy atom. The third kappa shape index (κ3) is 10.4. The highest BCUT2D eigenvalue weighted by atomic mass is 28.3. The molecule has 0 aromatic carbocycles. The van der Waals surface area contributed by atoms with Gasteiger partial charge in [-0.2, -0.15) is 0 Å². The summed E-state index contributed by atoms with van der Waals surface area (Å²) in [6.07, 6.45) is 3.85. The van der Waals surface area contributed by atoms with Gasteiger partial charge in [0.2, 0.25) is 0 Å². The van der Waals surface area contributed by atoms with Gasteiger partial charge in [-0.15, -0.1) is 0 Å². The Morgan fingerprint density at radius 2 is 1.53 bits per heavy atom. The lowest BCUT2D eigenvalue weighted by Crippen LogP contribution is -2.21. The Labute approximate surface area is 97.8 Å². The predicted molar refractivity (Wildman–Crippen MR) is 68.6 cm³/mol. The maximum atomic E-state index is 5.88. The van der Waals surface area contributed by atoms with E-state index in [4.69, 9.17) is 8.85 Å². The van der Waals surface area contributed by atoms with Gasteiger partial charge in [0.05, 0.1) is 0 Å². The van der Waals surface area contributed by atoms with Gasteiger partial charge in [-0.05, 0) is 31.1 Å². The first-order valence-electron chi connectivity index (χ1n) is 6.25. The van der Waals surface area contributed by atoms with Gasteiger partial charge >= 0.3 is 10.0 Å². The van der Waals surface area contributed by atoms with Crippen LogP contribution in [0.4, 0.5) is 0 Å². The molecule has 0 radical (unpaired) electrons. The van der Waals surface area contributed by atoms with Gasteiger partial charge in [0.25, 0.3) is 0 Å². The van der Waals surface area contributed by atoms with E-state index in [0.717, 1.165) is 13.0 Å². The molecular weight excluding hydrogens is 204 g/mol. The summed E-state index contributed by atoms with van der Waals surface area (Å²) in [6.45, 7) is 12.0. The third-order valence-corrected chi connectivity index (χ3v) is 3.27. The monoisotopic (exact) mass is 232 g/mol. The average Bonchev–Trinajstić information content (AvgIpc) is 2.10. The van der Waals surface area contributed by atoms with Crippen LogP contribution >= 0.6 is 0 Å². The smallest absolute Gasteiger partial charge is 0.304 e.